The molecule has 3 nitrogen and oxygen atoms in total. The Morgan fingerprint density at radius 1 is 1.29 bits per heavy atom. The molecule has 112 valence electrons. The van der Waals surface area contributed by atoms with E-state index in [2.05, 4.69) is 47.0 Å². The maximum atomic E-state index is 4.54. The summed E-state index contributed by atoms with van der Waals surface area (Å²) in [4.78, 5) is 4.54. The summed E-state index contributed by atoms with van der Waals surface area (Å²) in [6.07, 6.45) is 9.89. The second-order valence-electron chi connectivity index (χ2n) is 6.06. The van der Waals surface area contributed by atoms with Crippen LogP contribution >= 0.6 is 0 Å². The highest BCUT2D eigenvalue weighted by atomic mass is 15.1. The van der Waals surface area contributed by atoms with Gasteiger partial charge in [0.25, 0.3) is 0 Å². The SMILES string of the molecule is CCCNC(Cc1ccc2c(c1)CCC2)c1nccn1C. The number of nitrogens with one attached hydrogen (secondary N) is 1. The number of fused-ring (bicyclic) bond motifs is 1. The predicted octanol–water partition coefficient (Wildman–Crippen LogP) is 3.19. The van der Waals surface area contributed by atoms with Gasteiger partial charge in [-0.25, -0.2) is 4.98 Å². The predicted molar refractivity (Wildman–Crippen MR) is 86.4 cm³/mol. The summed E-state index contributed by atoms with van der Waals surface area (Å²) in [5.41, 5.74) is 4.53. The molecule has 1 aliphatic rings. The molecule has 0 saturated carbocycles. The number of aryl methyl sites for hydroxylation is 3. The average Bonchev–Trinajstić information content (AvgIpc) is 3.11. The standard InChI is InChI=1S/C18H25N3/c1-3-9-19-17(18-20-10-11-21(18)2)13-14-7-8-15-5-4-6-16(15)12-14/h7-8,10-12,17,19H,3-6,9,13H2,1-2H3. The Labute approximate surface area is 127 Å². The van der Waals surface area contributed by atoms with Gasteiger partial charge >= 0.3 is 0 Å². The molecule has 0 amide bonds. The first kappa shape index (κ1) is 14.3. The second-order valence-corrected chi connectivity index (χ2v) is 6.06. The van der Waals surface area contributed by atoms with Crippen molar-refractivity contribution in [1.82, 2.24) is 14.9 Å². The molecule has 1 unspecified atom stereocenters. The maximum Gasteiger partial charge on any atom is 0.125 e. The van der Waals surface area contributed by atoms with E-state index in [1.165, 1.54) is 24.8 Å². The van der Waals surface area contributed by atoms with Crippen LogP contribution in [0, 0.1) is 0 Å². The van der Waals surface area contributed by atoms with E-state index in [-0.39, 0.29) is 0 Å². The van der Waals surface area contributed by atoms with E-state index in [4.69, 9.17) is 0 Å². The van der Waals surface area contributed by atoms with E-state index in [0.717, 1.165) is 25.2 Å². The van der Waals surface area contributed by atoms with E-state index < -0.39 is 0 Å². The van der Waals surface area contributed by atoms with E-state index >= 15 is 0 Å². The molecular weight excluding hydrogens is 258 g/mol. The molecule has 3 heteroatoms. The zero-order valence-corrected chi connectivity index (χ0v) is 13.1. The lowest BCUT2D eigenvalue weighted by Crippen LogP contribution is -2.26. The monoisotopic (exact) mass is 283 g/mol. The van der Waals surface area contributed by atoms with Crippen LogP contribution in [0.25, 0.3) is 0 Å². The quantitative estimate of drug-likeness (QED) is 0.882. The molecule has 0 spiro atoms. The lowest BCUT2D eigenvalue weighted by Gasteiger charge is -2.19. The van der Waals surface area contributed by atoms with Crippen molar-refractivity contribution in [2.75, 3.05) is 6.54 Å². The Morgan fingerprint density at radius 3 is 2.90 bits per heavy atom. The fourth-order valence-corrected chi connectivity index (χ4v) is 3.27. The molecule has 0 radical (unpaired) electrons. The molecule has 1 heterocycles. The summed E-state index contributed by atoms with van der Waals surface area (Å²) in [6, 6.07) is 7.33. The van der Waals surface area contributed by atoms with Gasteiger partial charge in [-0.15, -0.1) is 0 Å². The minimum atomic E-state index is 0.296. The van der Waals surface area contributed by atoms with Crippen molar-refractivity contribution in [3.63, 3.8) is 0 Å². The van der Waals surface area contributed by atoms with Crippen LogP contribution in [0.1, 0.15) is 48.3 Å². The molecule has 21 heavy (non-hydrogen) atoms. The van der Waals surface area contributed by atoms with Crippen LogP contribution in [0.5, 0.6) is 0 Å². The van der Waals surface area contributed by atoms with Gasteiger partial charge < -0.3 is 9.88 Å². The fourth-order valence-electron chi connectivity index (χ4n) is 3.27. The summed E-state index contributed by atoms with van der Waals surface area (Å²) in [5, 5.41) is 3.65. The van der Waals surface area contributed by atoms with E-state index in [1.807, 2.05) is 12.4 Å². The Hall–Kier alpha value is -1.61. The first-order valence-corrected chi connectivity index (χ1v) is 8.09. The average molecular weight is 283 g/mol. The molecule has 1 aliphatic carbocycles. The summed E-state index contributed by atoms with van der Waals surface area (Å²) in [5.74, 6) is 1.13. The van der Waals surface area contributed by atoms with Gasteiger partial charge in [-0.05, 0) is 55.3 Å². The van der Waals surface area contributed by atoms with Crippen molar-refractivity contribution in [3.8, 4) is 0 Å². The second kappa shape index (κ2) is 6.44. The zero-order chi connectivity index (χ0) is 14.7. The van der Waals surface area contributed by atoms with Gasteiger partial charge in [0.15, 0.2) is 0 Å². The third kappa shape index (κ3) is 3.18. The Bertz CT molecular complexity index is 600. The summed E-state index contributed by atoms with van der Waals surface area (Å²) >= 11 is 0. The fraction of sp³-hybridized carbons (Fsp3) is 0.500. The van der Waals surface area contributed by atoms with Crippen molar-refractivity contribution in [1.29, 1.82) is 0 Å². The minimum Gasteiger partial charge on any atom is -0.337 e. The van der Waals surface area contributed by atoms with Crippen LogP contribution in [0.2, 0.25) is 0 Å². The molecule has 0 fully saturated rings. The van der Waals surface area contributed by atoms with Crippen LogP contribution in [-0.4, -0.2) is 16.1 Å². The summed E-state index contributed by atoms with van der Waals surface area (Å²) in [6.45, 7) is 3.24. The van der Waals surface area contributed by atoms with Crippen molar-refractivity contribution in [3.05, 3.63) is 53.1 Å². The Balaban J connectivity index is 1.79. The molecular formula is C18H25N3. The van der Waals surface area contributed by atoms with Crippen molar-refractivity contribution < 1.29 is 0 Å². The number of benzene rings is 1. The number of imidazole rings is 1. The normalized spacial score (nSPS) is 15.1. The first-order valence-electron chi connectivity index (χ1n) is 8.09. The molecule has 1 atom stereocenters. The topological polar surface area (TPSA) is 29.9 Å². The Morgan fingerprint density at radius 2 is 2.14 bits per heavy atom. The number of aromatic nitrogens is 2. The third-order valence-corrected chi connectivity index (χ3v) is 4.41. The van der Waals surface area contributed by atoms with Crippen molar-refractivity contribution in [2.24, 2.45) is 7.05 Å². The van der Waals surface area contributed by atoms with Crippen LogP contribution in [0.15, 0.2) is 30.6 Å². The summed E-state index contributed by atoms with van der Waals surface area (Å²) < 4.78 is 2.13. The molecule has 0 bridgehead atoms. The first-order chi connectivity index (χ1) is 10.3. The van der Waals surface area contributed by atoms with Crippen LogP contribution in [0.4, 0.5) is 0 Å². The molecule has 0 saturated heterocycles. The van der Waals surface area contributed by atoms with Gasteiger partial charge in [-0.3, -0.25) is 0 Å². The number of hydrogen-bond donors (Lipinski definition) is 1. The molecule has 1 N–H and O–H groups in total. The molecule has 1 aromatic heterocycles. The Kier molecular flexibility index (Phi) is 4.39. The minimum absolute atomic E-state index is 0.296. The van der Waals surface area contributed by atoms with Gasteiger partial charge in [0.2, 0.25) is 0 Å². The number of rotatable bonds is 6. The molecule has 2 aromatic rings. The van der Waals surface area contributed by atoms with Gasteiger partial charge in [-0.1, -0.05) is 25.1 Å². The maximum absolute atomic E-state index is 4.54. The van der Waals surface area contributed by atoms with Gasteiger partial charge in [0.05, 0.1) is 6.04 Å². The van der Waals surface area contributed by atoms with Gasteiger partial charge in [-0.2, -0.15) is 0 Å². The van der Waals surface area contributed by atoms with Crippen molar-refractivity contribution >= 4 is 0 Å². The highest BCUT2D eigenvalue weighted by molar-refractivity contribution is 5.35. The number of hydrogen-bond acceptors (Lipinski definition) is 2. The third-order valence-electron chi connectivity index (χ3n) is 4.41. The van der Waals surface area contributed by atoms with Crippen molar-refractivity contribution in [2.45, 2.75) is 45.1 Å². The zero-order valence-electron chi connectivity index (χ0n) is 13.1. The molecule has 0 aliphatic heterocycles. The molecule has 1 aromatic carbocycles. The van der Waals surface area contributed by atoms with Gasteiger partial charge in [0, 0.05) is 19.4 Å². The van der Waals surface area contributed by atoms with Gasteiger partial charge in [0.1, 0.15) is 5.82 Å². The highest BCUT2D eigenvalue weighted by Crippen LogP contribution is 2.25. The van der Waals surface area contributed by atoms with E-state index in [0.29, 0.717) is 6.04 Å². The van der Waals surface area contributed by atoms with E-state index in [1.54, 1.807) is 11.1 Å². The van der Waals surface area contributed by atoms with E-state index in [9.17, 15) is 0 Å². The number of nitrogens with zero attached hydrogens (tertiary/aromatic N) is 2. The smallest absolute Gasteiger partial charge is 0.125 e. The molecule has 3 rings (SSSR count). The van der Waals surface area contributed by atoms with Crippen LogP contribution in [0.3, 0.4) is 0 Å². The summed E-state index contributed by atoms with van der Waals surface area (Å²) in [7, 11) is 2.08. The lowest BCUT2D eigenvalue weighted by molar-refractivity contribution is 0.491. The lowest BCUT2D eigenvalue weighted by atomic mass is 10.0. The van der Waals surface area contributed by atoms with Crippen LogP contribution < -0.4 is 5.32 Å². The van der Waals surface area contributed by atoms with Crippen LogP contribution in [-0.2, 0) is 26.3 Å². The largest absolute Gasteiger partial charge is 0.337 e. The highest BCUT2D eigenvalue weighted by Gasteiger charge is 2.17.